The summed E-state index contributed by atoms with van der Waals surface area (Å²) in [6, 6.07) is 10.6. The second-order valence-corrected chi connectivity index (χ2v) is 6.50. The molecule has 0 aliphatic heterocycles. The summed E-state index contributed by atoms with van der Waals surface area (Å²) in [5.74, 6) is 0.904. The highest BCUT2D eigenvalue weighted by Crippen LogP contribution is 2.32. The molecule has 28 heavy (non-hydrogen) atoms. The number of ketones is 1. The summed E-state index contributed by atoms with van der Waals surface area (Å²) < 4.78 is 44.2. The Morgan fingerprint density at radius 2 is 1.50 bits per heavy atom. The first-order valence-corrected chi connectivity index (χ1v) is 9.08. The lowest BCUT2D eigenvalue weighted by Gasteiger charge is -2.19. The molecule has 2 aliphatic rings. The van der Waals surface area contributed by atoms with E-state index in [0.29, 0.717) is 0 Å². The zero-order valence-corrected chi connectivity index (χ0v) is 16.0. The van der Waals surface area contributed by atoms with Gasteiger partial charge in [0.15, 0.2) is 0 Å². The monoisotopic (exact) mass is 390 g/mol. The van der Waals surface area contributed by atoms with Crippen LogP contribution in [-0.4, -0.2) is 20.1 Å². The molecule has 0 aromatic heterocycles. The van der Waals surface area contributed by atoms with E-state index in [4.69, 9.17) is 4.42 Å². The molecule has 0 amide bonds. The van der Waals surface area contributed by atoms with Crippen LogP contribution in [0.5, 0.6) is 0 Å². The number of allylic oxidation sites excluding steroid dienone is 9. The Bertz CT molecular complexity index is 832. The zero-order valence-electron chi connectivity index (χ0n) is 16.0. The van der Waals surface area contributed by atoms with E-state index in [1.807, 2.05) is 12.2 Å². The highest BCUT2D eigenvalue weighted by Gasteiger charge is 2.20. The molecule has 3 rings (SSSR count). The Balaban J connectivity index is 0.000000500. The van der Waals surface area contributed by atoms with Crippen LogP contribution in [0.1, 0.15) is 31.7 Å². The predicted octanol–water partition coefficient (Wildman–Crippen LogP) is 6.66. The van der Waals surface area contributed by atoms with Gasteiger partial charge in [0.05, 0.1) is 0 Å². The molecule has 2 aliphatic carbocycles. The van der Waals surface area contributed by atoms with Gasteiger partial charge in [0.25, 0.3) is 7.11 Å². The lowest BCUT2D eigenvalue weighted by Crippen LogP contribution is -2.02. The van der Waals surface area contributed by atoms with Gasteiger partial charge in [0, 0.05) is 12.2 Å². The fourth-order valence-corrected chi connectivity index (χ4v) is 3.06. The smallest absolute Gasteiger partial charge is 0.418 e. The molecule has 0 saturated heterocycles. The lowest BCUT2D eigenvalue weighted by molar-refractivity contribution is -0.417. The Kier molecular flexibility index (Phi) is 7.79. The Morgan fingerprint density at radius 1 is 0.893 bits per heavy atom. The van der Waals surface area contributed by atoms with Gasteiger partial charge in [-0.05, 0) is 66.2 Å². The number of hydrogen-bond acceptors (Lipinski definition) is 0. The lowest BCUT2D eigenvalue weighted by atomic mass is 9.86. The van der Waals surface area contributed by atoms with Gasteiger partial charge < -0.3 is 17.3 Å². The van der Waals surface area contributed by atoms with Gasteiger partial charge in [-0.1, -0.05) is 42.5 Å². The van der Waals surface area contributed by atoms with Gasteiger partial charge in [-0.3, -0.25) is 4.42 Å². The molecule has 0 radical (unpaired) electrons. The predicted molar refractivity (Wildman–Crippen MR) is 108 cm³/mol. The fourth-order valence-electron chi connectivity index (χ4n) is 3.06. The third-order valence-corrected chi connectivity index (χ3v) is 4.45. The van der Waals surface area contributed by atoms with Crippen molar-refractivity contribution in [3.05, 3.63) is 88.6 Å². The van der Waals surface area contributed by atoms with Crippen molar-refractivity contribution in [2.24, 2.45) is 0 Å². The van der Waals surface area contributed by atoms with Crippen LogP contribution in [0.2, 0.25) is 0 Å². The van der Waals surface area contributed by atoms with Gasteiger partial charge in [0.2, 0.25) is 0 Å². The average Bonchev–Trinajstić information content (AvgIpc) is 2.65. The van der Waals surface area contributed by atoms with Gasteiger partial charge >= 0.3 is 13.0 Å². The van der Waals surface area contributed by atoms with Crippen molar-refractivity contribution in [3.8, 4) is 0 Å². The molecular formula is C22H23BF4O. The minimum Gasteiger partial charge on any atom is -0.418 e. The molecule has 0 heterocycles. The van der Waals surface area contributed by atoms with Crippen LogP contribution >= 0.6 is 0 Å². The van der Waals surface area contributed by atoms with Gasteiger partial charge in [-0.25, -0.2) is 0 Å². The van der Waals surface area contributed by atoms with Crippen molar-refractivity contribution in [2.45, 2.75) is 26.2 Å². The van der Waals surface area contributed by atoms with Crippen molar-refractivity contribution >= 4 is 19.1 Å². The van der Waals surface area contributed by atoms with E-state index in [1.165, 1.54) is 40.7 Å². The molecule has 1 aromatic rings. The molecule has 0 spiro atoms. The molecular weight excluding hydrogens is 367 g/mol. The first-order chi connectivity index (χ1) is 13.3. The van der Waals surface area contributed by atoms with Crippen LogP contribution in [0, 0.1) is 0 Å². The van der Waals surface area contributed by atoms with Crippen LogP contribution < -0.4 is 0 Å². The minimum atomic E-state index is -6.00. The highest BCUT2D eigenvalue weighted by atomic mass is 19.5. The number of hydrogen-bond donors (Lipinski definition) is 0. The summed E-state index contributed by atoms with van der Waals surface area (Å²) in [5, 5.41) is 0. The maximum Gasteiger partial charge on any atom is 0.673 e. The van der Waals surface area contributed by atoms with Crippen molar-refractivity contribution in [3.63, 3.8) is 0 Å². The largest absolute Gasteiger partial charge is 0.673 e. The van der Waals surface area contributed by atoms with Crippen LogP contribution in [-0.2, 0) is 4.42 Å². The number of benzene rings is 1. The van der Waals surface area contributed by atoms with Gasteiger partial charge in [-0.2, -0.15) is 0 Å². The zero-order chi connectivity index (χ0) is 20.6. The maximum atomic E-state index is 9.75. The molecule has 6 heteroatoms. The van der Waals surface area contributed by atoms with Crippen molar-refractivity contribution < 1.29 is 21.7 Å². The molecule has 0 atom stereocenters. The van der Waals surface area contributed by atoms with E-state index in [1.54, 1.807) is 7.11 Å². The highest BCUT2D eigenvalue weighted by molar-refractivity contribution is 6.50. The van der Waals surface area contributed by atoms with Crippen LogP contribution in [0.4, 0.5) is 17.3 Å². The third kappa shape index (κ3) is 7.55. The summed E-state index contributed by atoms with van der Waals surface area (Å²) in [6.07, 6.45) is 16.5. The Morgan fingerprint density at radius 3 is 2.07 bits per heavy atom. The van der Waals surface area contributed by atoms with E-state index in [0.717, 1.165) is 12.2 Å². The van der Waals surface area contributed by atoms with Gasteiger partial charge in [-0.15, -0.1) is 0 Å². The number of rotatable bonds is 2. The maximum absolute atomic E-state index is 9.75. The molecule has 0 fully saturated rings. The summed E-state index contributed by atoms with van der Waals surface area (Å²) in [6.45, 7) is 2.25. The van der Waals surface area contributed by atoms with Crippen molar-refractivity contribution in [1.29, 1.82) is 0 Å². The molecule has 0 unspecified atom stereocenters. The Labute approximate surface area is 163 Å². The second-order valence-electron chi connectivity index (χ2n) is 6.50. The minimum absolute atomic E-state index is 0.904. The first kappa shape index (κ1) is 21.7. The van der Waals surface area contributed by atoms with Crippen molar-refractivity contribution in [2.75, 3.05) is 7.11 Å². The number of halogens is 4. The summed E-state index contributed by atoms with van der Waals surface area (Å²) in [5.41, 5.74) is 6.86. The van der Waals surface area contributed by atoms with Gasteiger partial charge in [0.1, 0.15) is 0 Å². The summed E-state index contributed by atoms with van der Waals surface area (Å²) in [4.78, 5) is 0. The standard InChI is InChI=1S/C22H23O.BF4/c1-17-20(15-18-7-4-3-5-8-18)9-6-10-21(17)16-19-11-13-22(23-2)14-12-19;2-1(3,4)5/h3-5,7-8,11-16H,6,9-10H2,1-2H3;/q+1;-1/b20-15+;. The van der Waals surface area contributed by atoms with E-state index in [9.17, 15) is 17.3 Å². The summed E-state index contributed by atoms with van der Waals surface area (Å²) in [7, 11) is -4.30. The normalized spacial score (nSPS) is 18.1. The average molecular weight is 390 g/mol. The quantitative estimate of drug-likeness (QED) is 0.304. The van der Waals surface area contributed by atoms with Crippen LogP contribution in [0.3, 0.4) is 0 Å². The van der Waals surface area contributed by atoms with Crippen molar-refractivity contribution in [1.82, 2.24) is 0 Å². The van der Waals surface area contributed by atoms with E-state index in [2.05, 4.69) is 61.6 Å². The third-order valence-electron chi connectivity index (χ3n) is 4.45. The second kappa shape index (κ2) is 10.1. The van der Waals surface area contributed by atoms with E-state index >= 15 is 0 Å². The van der Waals surface area contributed by atoms with Crippen LogP contribution in [0.25, 0.3) is 6.08 Å². The van der Waals surface area contributed by atoms with Crippen LogP contribution in [0.15, 0.2) is 83.0 Å². The summed E-state index contributed by atoms with van der Waals surface area (Å²) >= 11 is 0. The molecule has 1 aromatic carbocycles. The molecule has 0 bridgehead atoms. The molecule has 148 valence electrons. The molecule has 0 saturated carbocycles. The van der Waals surface area contributed by atoms with E-state index in [-0.39, 0.29) is 0 Å². The molecule has 1 nitrogen and oxygen atoms in total. The SMILES string of the molecule is C[O+]=C1C=CC(=CC2=C(C)/C(=C/c3ccccc3)CCC2)C=C1.F[B-](F)(F)F. The topological polar surface area (TPSA) is 11.3 Å². The molecule has 0 N–H and O–H groups in total. The first-order valence-electron chi connectivity index (χ1n) is 9.08. The fraction of sp³-hybridized carbons (Fsp3) is 0.227. The Hall–Kier alpha value is -2.63. The van der Waals surface area contributed by atoms with E-state index < -0.39 is 7.25 Å². The number of carbonyl (C=O) groups excluding carboxylic acids is 1.